The molecule has 2 aromatic rings. The largest absolute Gasteiger partial charge is 0.497 e. The van der Waals surface area contributed by atoms with E-state index in [1.54, 1.807) is 7.11 Å². The molecule has 2 aromatic carbocycles. The second-order valence-electron chi connectivity index (χ2n) is 7.88. The monoisotopic (exact) mass is 425 g/mol. The molecule has 1 saturated heterocycles. The molecule has 1 fully saturated rings. The normalized spacial score (nSPS) is 25.6. The summed E-state index contributed by atoms with van der Waals surface area (Å²) in [7, 11) is 1.77. The van der Waals surface area contributed by atoms with Crippen molar-refractivity contribution in [2.45, 2.75) is 31.6 Å². The minimum absolute atomic E-state index is 0.201. The van der Waals surface area contributed by atoms with E-state index in [9.17, 15) is 0 Å². The Bertz CT molecular complexity index is 846. The van der Waals surface area contributed by atoms with E-state index in [4.69, 9.17) is 4.74 Å². The van der Waals surface area contributed by atoms with E-state index in [2.05, 4.69) is 82.4 Å². The fraction of sp³-hybridized carbons (Fsp3) is 0.417. The smallest absolute Gasteiger partial charge is 0.119 e. The van der Waals surface area contributed by atoms with Gasteiger partial charge in [0, 0.05) is 16.4 Å². The second kappa shape index (κ2) is 7.81. The highest BCUT2D eigenvalue weighted by atomic mass is 79.9. The quantitative estimate of drug-likeness (QED) is 0.602. The first-order chi connectivity index (χ1) is 13.1. The van der Waals surface area contributed by atoms with Crippen LogP contribution in [0.25, 0.3) is 5.57 Å². The van der Waals surface area contributed by atoms with Gasteiger partial charge in [-0.1, -0.05) is 53.2 Å². The number of hydrogen-bond donors (Lipinski definition) is 0. The topological polar surface area (TPSA) is 12.5 Å². The van der Waals surface area contributed by atoms with Crippen molar-refractivity contribution in [3.8, 4) is 5.75 Å². The Hall–Kier alpha value is -1.58. The van der Waals surface area contributed by atoms with E-state index < -0.39 is 0 Å². The lowest BCUT2D eigenvalue weighted by atomic mass is 9.59. The Morgan fingerprint density at radius 1 is 1.19 bits per heavy atom. The van der Waals surface area contributed by atoms with Gasteiger partial charge in [0.15, 0.2) is 0 Å². The van der Waals surface area contributed by atoms with E-state index in [1.165, 1.54) is 36.2 Å². The third-order valence-corrected chi connectivity index (χ3v) is 7.07. The fourth-order valence-electron chi connectivity index (χ4n) is 4.98. The molecule has 0 N–H and O–H groups in total. The Labute approximate surface area is 171 Å². The lowest BCUT2D eigenvalue weighted by Gasteiger charge is -2.51. The van der Waals surface area contributed by atoms with Crippen molar-refractivity contribution in [3.63, 3.8) is 0 Å². The van der Waals surface area contributed by atoms with Crippen molar-refractivity contribution in [2.75, 3.05) is 26.7 Å². The first-order valence-electron chi connectivity index (χ1n) is 9.96. The molecule has 2 aliphatic rings. The van der Waals surface area contributed by atoms with Gasteiger partial charge in [0.25, 0.3) is 0 Å². The fourth-order valence-corrected chi connectivity index (χ4v) is 5.38. The number of hydrogen-bond acceptors (Lipinski definition) is 2. The highest BCUT2D eigenvalue weighted by Gasteiger charge is 2.46. The van der Waals surface area contributed by atoms with Gasteiger partial charge >= 0.3 is 0 Å². The molecule has 1 heterocycles. The van der Waals surface area contributed by atoms with E-state index in [-0.39, 0.29) is 5.41 Å². The number of fused-ring (bicyclic) bond motifs is 1. The molecule has 142 valence electrons. The number of ether oxygens (including phenoxy) is 1. The molecule has 1 aliphatic heterocycles. The van der Waals surface area contributed by atoms with Gasteiger partial charge in [-0.25, -0.2) is 0 Å². The van der Waals surface area contributed by atoms with E-state index in [0.717, 1.165) is 29.6 Å². The van der Waals surface area contributed by atoms with Crippen LogP contribution in [0.5, 0.6) is 5.75 Å². The summed E-state index contributed by atoms with van der Waals surface area (Å²) in [5.74, 6) is 1.63. The number of piperidine rings is 1. The number of nitrogens with zero attached hydrogens (tertiary/aromatic N) is 1. The van der Waals surface area contributed by atoms with Crippen LogP contribution >= 0.6 is 15.9 Å². The van der Waals surface area contributed by atoms with Crippen LogP contribution in [0, 0.1) is 5.92 Å². The van der Waals surface area contributed by atoms with Crippen LogP contribution in [-0.4, -0.2) is 31.6 Å². The third kappa shape index (κ3) is 3.60. The molecule has 1 aliphatic carbocycles. The van der Waals surface area contributed by atoms with E-state index in [0.29, 0.717) is 5.92 Å². The minimum atomic E-state index is 0.201. The lowest BCUT2D eigenvalue weighted by Crippen LogP contribution is -2.51. The Balaban J connectivity index is 1.75. The zero-order valence-electron chi connectivity index (χ0n) is 16.2. The first kappa shape index (κ1) is 18.8. The summed E-state index contributed by atoms with van der Waals surface area (Å²) in [5.41, 5.74) is 4.48. The summed E-state index contributed by atoms with van der Waals surface area (Å²) >= 11 is 3.64. The number of allylic oxidation sites excluding steroid dienone is 2. The molecule has 2 nitrogen and oxygen atoms in total. The van der Waals surface area contributed by atoms with Crippen LogP contribution in [0.4, 0.5) is 0 Å². The number of halogens is 1. The van der Waals surface area contributed by atoms with Gasteiger partial charge in [0.05, 0.1) is 7.11 Å². The van der Waals surface area contributed by atoms with Gasteiger partial charge < -0.3 is 9.64 Å². The van der Waals surface area contributed by atoms with Crippen molar-refractivity contribution >= 4 is 21.5 Å². The van der Waals surface area contributed by atoms with Gasteiger partial charge in [-0.2, -0.15) is 0 Å². The molecule has 0 amide bonds. The number of benzene rings is 2. The van der Waals surface area contributed by atoms with Crippen molar-refractivity contribution in [1.82, 2.24) is 4.90 Å². The first-order valence-corrected chi connectivity index (χ1v) is 10.8. The maximum absolute atomic E-state index is 5.56. The van der Waals surface area contributed by atoms with Gasteiger partial charge in [-0.05, 0) is 79.2 Å². The summed E-state index contributed by atoms with van der Waals surface area (Å²) in [6.07, 6.45) is 5.96. The zero-order chi connectivity index (χ0) is 18.9. The Kier molecular flexibility index (Phi) is 5.43. The van der Waals surface area contributed by atoms with Crippen LogP contribution in [0.2, 0.25) is 0 Å². The van der Waals surface area contributed by atoms with Crippen LogP contribution in [0.3, 0.4) is 0 Å². The van der Waals surface area contributed by atoms with Crippen molar-refractivity contribution in [3.05, 3.63) is 70.2 Å². The summed E-state index contributed by atoms with van der Waals surface area (Å²) in [4.78, 5) is 2.61. The average molecular weight is 426 g/mol. The highest BCUT2D eigenvalue weighted by Crippen LogP contribution is 2.51. The predicted molar refractivity (Wildman–Crippen MR) is 116 cm³/mol. The Morgan fingerprint density at radius 2 is 2.04 bits per heavy atom. The predicted octanol–water partition coefficient (Wildman–Crippen LogP) is 5.91. The van der Waals surface area contributed by atoms with Crippen LogP contribution in [0.15, 0.2) is 59.1 Å². The van der Waals surface area contributed by atoms with Gasteiger partial charge in [0.1, 0.15) is 5.75 Å². The SMILES string of the molecule is CCN1CC[C@]2(c3cccc(OC)c3)CC(c3cccc(Br)c3)=CC[C@H]2C1. The molecule has 0 bridgehead atoms. The van der Waals surface area contributed by atoms with Gasteiger partial charge in [0.2, 0.25) is 0 Å². The summed E-state index contributed by atoms with van der Waals surface area (Å²) in [6, 6.07) is 17.6. The summed E-state index contributed by atoms with van der Waals surface area (Å²) in [6.45, 7) is 5.79. The number of likely N-dealkylation sites (tertiary alicyclic amines) is 1. The van der Waals surface area contributed by atoms with Crippen LogP contribution in [0.1, 0.15) is 37.3 Å². The zero-order valence-corrected chi connectivity index (χ0v) is 17.8. The molecule has 0 unspecified atom stereocenters. The summed E-state index contributed by atoms with van der Waals surface area (Å²) in [5, 5.41) is 0. The molecular weight excluding hydrogens is 398 g/mol. The highest BCUT2D eigenvalue weighted by molar-refractivity contribution is 9.10. The molecule has 3 heteroatoms. The van der Waals surface area contributed by atoms with Crippen molar-refractivity contribution < 1.29 is 4.74 Å². The molecule has 0 radical (unpaired) electrons. The van der Waals surface area contributed by atoms with Crippen LogP contribution < -0.4 is 4.74 Å². The minimum Gasteiger partial charge on any atom is -0.497 e. The van der Waals surface area contributed by atoms with Gasteiger partial charge in [-0.15, -0.1) is 0 Å². The second-order valence-corrected chi connectivity index (χ2v) is 8.80. The van der Waals surface area contributed by atoms with E-state index >= 15 is 0 Å². The number of methoxy groups -OCH3 is 1. The average Bonchev–Trinajstić information content (AvgIpc) is 2.73. The maximum Gasteiger partial charge on any atom is 0.119 e. The Morgan fingerprint density at radius 3 is 2.81 bits per heavy atom. The van der Waals surface area contributed by atoms with Crippen molar-refractivity contribution in [1.29, 1.82) is 0 Å². The molecule has 0 saturated carbocycles. The molecule has 27 heavy (non-hydrogen) atoms. The van der Waals surface area contributed by atoms with E-state index in [1.807, 2.05) is 0 Å². The molecular formula is C24H28BrNO. The molecule has 4 rings (SSSR count). The molecule has 0 spiro atoms. The maximum atomic E-state index is 5.56. The molecule has 2 atom stereocenters. The van der Waals surface area contributed by atoms with Gasteiger partial charge in [-0.3, -0.25) is 0 Å². The number of rotatable bonds is 4. The van der Waals surface area contributed by atoms with Crippen molar-refractivity contribution in [2.24, 2.45) is 5.92 Å². The van der Waals surface area contributed by atoms with Crippen LogP contribution in [-0.2, 0) is 5.41 Å². The lowest BCUT2D eigenvalue weighted by molar-refractivity contribution is 0.0934. The standard InChI is InChI=1S/C24H28BrNO/c1-3-26-13-12-24(20-7-5-9-23(15-20)27-2)16-19(10-11-21(24)17-26)18-6-4-8-22(25)14-18/h4-10,14-15,21H,3,11-13,16-17H2,1-2H3/t21-,24+/m0/s1. The summed E-state index contributed by atoms with van der Waals surface area (Å²) < 4.78 is 6.71. The third-order valence-electron chi connectivity index (χ3n) is 6.58. The molecule has 0 aromatic heterocycles.